The van der Waals surface area contributed by atoms with Gasteiger partial charge in [0.1, 0.15) is 5.75 Å². The highest BCUT2D eigenvalue weighted by Crippen LogP contribution is 2.31. The van der Waals surface area contributed by atoms with Gasteiger partial charge in [-0.1, -0.05) is 38.5 Å². The summed E-state index contributed by atoms with van der Waals surface area (Å²) in [5, 5.41) is 0. The Balaban J connectivity index is 2.02. The molecule has 2 atom stereocenters. The molecular formula is C22H27NO3. The maximum absolute atomic E-state index is 11.6. The summed E-state index contributed by atoms with van der Waals surface area (Å²) in [5.41, 5.74) is 1.70. The lowest BCUT2D eigenvalue weighted by molar-refractivity contribution is 0.0526. The standard InChI is InChI=1S/C22H27NO3/c1-5-8-17(6-2)16(4)18-9-12-20(13-10-18)26-21-14-11-19(15-23-21)22(24)25-7-3/h5,9-17H,1,6-8H2,2-4H3. The van der Waals surface area contributed by atoms with Gasteiger partial charge in [0, 0.05) is 12.3 Å². The van der Waals surface area contributed by atoms with Gasteiger partial charge in [-0.2, -0.15) is 0 Å². The van der Waals surface area contributed by atoms with Gasteiger partial charge in [-0.25, -0.2) is 9.78 Å². The fourth-order valence-corrected chi connectivity index (χ4v) is 2.95. The van der Waals surface area contributed by atoms with Gasteiger partial charge in [-0.05, 0) is 48.9 Å². The van der Waals surface area contributed by atoms with E-state index in [2.05, 4.69) is 37.5 Å². The van der Waals surface area contributed by atoms with E-state index in [9.17, 15) is 4.79 Å². The minimum atomic E-state index is -0.380. The first-order chi connectivity index (χ1) is 12.6. The summed E-state index contributed by atoms with van der Waals surface area (Å²) < 4.78 is 10.7. The van der Waals surface area contributed by atoms with Crippen LogP contribution in [0.5, 0.6) is 11.6 Å². The largest absolute Gasteiger partial charge is 0.462 e. The van der Waals surface area contributed by atoms with Crippen molar-refractivity contribution in [3.63, 3.8) is 0 Å². The molecule has 1 aromatic heterocycles. The van der Waals surface area contributed by atoms with E-state index in [0.717, 1.165) is 12.8 Å². The Hall–Kier alpha value is -2.62. The van der Waals surface area contributed by atoms with Crippen LogP contribution in [0, 0.1) is 5.92 Å². The van der Waals surface area contributed by atoms with Crippen LogP contribution in [0.1, 0.15) is 55.5 Å². The molecule has 2 unspecified atom stereocenters. The van der Waals surface area contributed by atoms with Crippen molar-refractivity contribution in [1.82, 2.24) is 4.98 Å². The van der Waals surface area contributed by atoms with Crippen molar-refractivity contribution >= 4 is 5.97 Å². The van der Waals surface area contributed by atoms with Crippen molar-refractivity contribution in [3.05, 3.63) is 66.4 Å². The van der Waals surface area contributed by atoms with E-state index in [1.165, 1.54) is 11.8 Å². The molecule has 0 saturated heterocycles. The van der Waals surface area contributed by atoms with Crippen molar-refractivity contribution in [2.45, 2.75) is 39.5 Å². The normalized spacial score (nSPS) is 12.9. The second-order valence-electron chi connectivity index (χ2n) is 6.26. The molecular weight excluding hydrogens is 326 g/mol. The molecule has 0 saturated carbocycles. The van der Waals surface area contributed by atoms with E-state index in [1.54, 1.807) is 19.1 Å². The average Bonchev–Trinajstić information content (AvgIpc) is 2.67. The Morgan fingerprint density at radius 2 is 1.92 bits per heavy atom. The first-order valence-electron chi connectivity index (χ1n) is 9.10. The smallest absolute Gasteiger partial charge is 0.339 e. The van der Waals surface area contributed by atoms with E-state index < -0.39 is 0 Å². The topological polar surface area (TPSA) is 48.4 Å². The van der Waals surface area contributed by atoms with Crippen molar-refractivity contribution < 1.29 is 14.3 Å². The lowest BCUT2D eigenvalue weighted by atomic mass is 9.84. The molecule has 0 aliphatic carbocycles. The summed E-state index contributed by atoms with van der Waals surface area (Å²) in [6, 6.07) is 11.4. The SMILES string of the molecule is C=CCC(CC)C(C)c1ccc(Oc2ccc(C(=O)OCC)cn2)cc1. The number of rotatable bonds is 9. The highest BCUT2D eigenvalue weighted by atomic mass is 16.5. The fraction of sp³-hybridized carbons (Fsp3) is 0.364. The third-order valence-electron chi connectivity index (χ3n) is 4.58. The van der Waals surface area contributed by atoms with Gasteiger partial charge in [-0.3, -0.25) is 0 Å². The molecule has 0 aliphatic rings. The van der Waals surface area contributed by atoms with Crippen molar-refractivity contribution in [2.75, 3.05) is 6.61 Å². The minimum Gasteiger partial charge on any atom is -0.462 e. The first kappa shape index (κ1) is 19.7. The molecule has 0 amide bonds. The molecule has 0 aliphatic heterocycles. The number of ether oxygens (including phenoxy) is 2. The molecule has 26 heavy (non-hydrogen) atoms. The Labute approximate surface area is 155 Å². The number of benzene rings is 1. The minimum absolute atomic E-state index is 0.341. The Bertz CT molecular complexity index is 707. The molecule has 1 heterocycles. The van der Waals surface area contributed by atoms with Gasteiger partial charge >= 0.3 is 5.97 Å². The van der Waals surface area contributed by atoms with Crippen LogP contribution in [-0.4, -0.2) is 17.6 Å². The van der Waals surface area contributed by atoms with Crippen LogP contribution in [0.25, 0.3) is 0 Å². The summed E-state index contributed by atoms with van der Waals surface area (Å²) >= 11 is 0. The van der Waals surface area contributed by atoms with Crippen LogP contribution in [0.4, 0.5) is 0 Å². The van der Waals surface area contributed by atoms with Gasteiger partial charge < -0.3 is 9.47 Å². The van der Waals surface area contributed by atoms with Gasteiger partial charge in [0.05, 0.1) is 12.2 Å². The zero-order valence-corrected chi connectivity index (χ0v) is 15.8. The number of carbonyl (C=O) groups excluding carboxylic acids is 1. The van der Waals surface area contributed by atoms with Gasteiger partial charge in [0.15, 0.2) is 0 Å². The Morgan fingerprint density at radius 1 is 1.19 bits per heavy atom. The molecule has 0 N–H and O–H groups in total. The maximum atomic E-state index is 11.6. The second kappa shape index (κ2) is 9.76. The van der Waals surface area contributed by atoms with Crippen molar-refractivity contribution in [3.8, 4) is 11.6 Å². The van der Waals surface area contributed by atoms with Crippen LogP contribution in [0.3, 0.4) is 0 Å². The van der Waals surface area contributed by atoms with Crippen LogP contribution in [0.2, 0.25) is 0 Å². The Kier molecular flexibility index (Phi) is 7.39. The highest BCUT2D eigenvalue weighted by Gasteiger charge is 2.16. The lowest BCUT2D eigenvalue weighted by Gasteiger charge is -2.22. The molecule has 1 aromatic carbocycles. The third-order valence-corrected chi connectivity index (χ3v) is 4.58. The average molecular weight is 353 g/mol. The quantitative estimate of drug-likeness (QED) is 0.425. The number of aromatic nitrogens is 1. The van der Waals surface area contributed by atoms with Crippen LogP contribution in [0.15, 0.2) is 55.3 Å². The number of carbonyl (C=O) groups is 1. The van der Waals surface area contributed by atoms with Crippen LogP contribution in [-0.2, 0) is 4.74 Å². The van der Waals surface area contributed by atoms with E-state index >= 15 is 0 Å². The number of nitrogens with zero attached hydrogens (tertiary/aromatic N) is 1. The summed E-state index contributed by atoms with van der Waals surface area (Å²) in [7, 11) is 0. The van der Waals surface area contributed by atoms with Gasteiger partial charge in [-0.15, -0.1) is 6.58 Å². The Morgan fingerprint density at radius 3 is 2.46 bits per heavy atom. The predicted molar refractivity (Wildman–Crippen MR) is 104 cm³/mol. The van der Waals surface area contributed by atoms with Crippen LogP contribution < -0.4 is 4.74 Å². The van der Waals surface area contributed by atoms with Crippen molar-refractivity contribution in [1.29, 1.82) is 0 Å². The maximum Gasteiger partial charge on any atom is 0.339 e. The molecule has 0 bridgehead atoms. The number of allylic oxidation sites excluding steroid dienone is 1. The zero-order valence-electron chi connectivity index (χ0n) is 15.8. The molecule has 138 valence electrons. The van der Waals surface area contributed by atoms with E-state index in [-0.39, 0.29) is 5.97 Å². The number of hydrogen-bond acceptors (Lipinski definition) is 4. The number of hydrogen-bond donors (Lipinski definition) is 0. The molecule has 0 spiro atoms. The third kappa shape index (κ3) is 5.19. The molecule has 2 aromatic rings. The molecule has 4 nitrogen and oxygen atoms in total. The van der Waals surface area contributed by atoms with E-state index in [4.69, 9.17) is 9.47 Å². The van der Waals surface area contributed by atoms with E-state index in [1.807, 2.05) is 18.2 Å². The summed E-state index contributed by atoms with van der Waals surface area (Å²) in [5.74, 6) is 1.84. The molecule has 2 rings (SSSR count). The second-order valence-corrected chi connectivity index (χ2v) is 6.26. The summed E-state index contributed by atoms with van der Waals surface area (Å²) in [6.45, 7) is 10.4. The molecule has 0 radical (unpaired) electrons. The zero-order chi connectivity index (χ0) is 18.9. The van der Waals surface area contributed by atoms with Crippen molar-refractivity contribution in [2.24, 2.45) is 5.92 Å². The number of esters is 1. The monoisotopic (exact) mass is 353 g/mol. The van der Waals surface area contributed by atoms with Gasteiger partial charge in [0.25, 0.3) is 0 Å². The van der Waals surface area contributed by atoms with Gasteiger partial charge in [0.2, 0.25) is 5.88 Å². The molecule has 4 heteroatoms. The summed E-state index contributed by atoms with van der Waals surface area (Å²) in [6.07, 6.45) is 5.60. The first-order valence-corrected chi connectivity index (χ1v) is 9.10. The van der Waals surface area contributed by atoms with E-state index in [0.29, 0.717) is 35.6 Å². The predicted octanol–water partition coefficient (Wildman–Crippen LogP) is 5.76. The number of pyridine rings is 1. The highest BCUT2D eigenvalue weighted by molar-refractivity contribution is 5.89. The fourth-order valence-electron chi connectivity index (χ4n) is 2.95. The summed E-state index contributed by atoms with van der Waals surface area (Å²) in [4.78, 5) is 15.8. The lowest BCUT2D eigenvalue weighted by Crippen LogP contribution is -2.08. The van der Waals surface area contributed by atoms with Crippen LogP contribution >= 0.6 is 0 Å². The molecule has 0 fully saturated rings.